The highest BCUT2D eigenvalue weighted by Gasteiger charge is 2.06. The van der Waals surface area contributed by atoms with E-state index in [2.05, 4.69) is 31.5 Å². The van der Waals surface area contributed by atoms with Crippen LogP contribution in [0.1, 0.15) is 5.82 Å². The Hall–Kier alpha value is -2.73. The van der Waals surface area contributed by atoms with E-state index in [1.54, 1.807) is 11.3 Å². The van der Waals surface area contributed by atoms with Crippen molar-refractivity contribution in [3.05, 3.63) is 60.4 Å². The molecule has 0 saturated heterocycles. The molecule has 2 aromatic carbocycles. The van der Waals surface area contributed by atoms with Crippen molar-refractivity contribution >= 4 is 26.7 Å². The lowest BCUT2D eigenvalue weighted by atomic mass is 10.2. The zero-order valence-corrected chi connectivity index (χ0v) is 13.2. The molecule has 0 unspecified atom stereocenters. The van der Waals surface area contributed by atoms with Crippen molar-refractivity contribution < 1.29 is 0 Å². The molecular formula is C17H15N5S. The number of rotatable bonds is 5. The van der Waals surface area contributed by atoms with Crippen LogP contribution in [0.4, 0.5) is 5.13 Å². The van der Waals surface area contributed by atoms with Gasteiger partial charge in [-0.3, -0.25) is 5.10 Å². The second kappa shape index (κ2) is 6.18. The van der Waals surface area contributed by atoms with Gasteiger partial charge >= 0.3 is 0 Å². The number of aromatic amines is 1. The zero-order valence-electron chi connectivity index (χ0n) is 12.4. The summed E-state index contributed by atoms with van der Waals surface area (Å²) < 4.78 is 1.20. The number of hydrogen-bond donors (Lipinski definition) is 2. The fraction of sp³-hybridized carbons (Fsp3) is 0.118. The maximum atomic E-state index is 4.56. The van der Waals surface area contributed by atoms with E-state index in [4.69, 9.17) is 0 Å². The average Bonchev–Trinajstić information content (AvgIpc) is 3.22. The summed E-state index contributed by atoms with van der Waals surface area (Å²) in [5.74, 6) is 1.61. The highest BCUT2D eigenvalue weighted by molar-refractivity contribution is 7.22. The Morgan fingerprint density at radius 3 is 2.65 bits per heavy atom. The van der Waals surface area contributed by atoms with Crippen LogP contribution < -0.4 is 5.32 Å². The number of nitrogens with zero attached hydrogens (tertiary/aromatic N) is 3. The highest BCUT2D eigenvalue weighted by Crippen LogP contribution is 2.25. The van der Waals surface area contributed by atoms with Gasteiger partial charge in [0.2, 0.25) is 0 Å². The van der Waals surface area contributed by atoms with E-state index in [9.17, 15) is 0 Å². The normalized spacial score (nSPS) is 11.0. The Morgan fingerprint density at radius 1 is 0.957 bits per heavy atom. The van der Waals surface area contributed by atoms with E-state index in [-0.39, 0.29) is 0 Å². The summed E-state index contributed by atoms with van der Waals surface area (Å²) in [4.78, 5) is 9.09. The monoisotopic (exact) mass is 321 g/mol. The first kappa shape index (κ1) is 13.9. The molecule has 2 N–H and O–H groups in total. The molecule has 23 heavy (non-hydrogen) atoms. The smallest absolute Gasteiger partial charge is 0.183 e. The molecule has 5 nitrogen and oxygen atoms in total. The Kier molecular flexibility index (Phi) is 3.73. The molecule has 0 aliphatic heterocycles. The van der Waals surface area contributed by atoms with Gasteiger partial charge in [-0.05, 0) is 12.1 Å². The highest BCUT2D eigenvalue weighted by atomic mass is 32.1. The maximum Gasteiger partial charge on any atom is 0.183 e. The number of aromatic nitrogens is 4. The van der Waals surface area contributed by atoms with E-state index in [1.807, 2.05) is 48.5 Å². The minimum Gasteiger partial charge on any atom is -0.361 e. The number of nitrogens with one attached hydrogen (secondary N) is 2. The van der Waals surface area contributed by atoms with Crippen molar-refractivity contribution in [1.29, 1.82) is 0 Å². The van der Waals surface area contributed by atoms with Gasteiger partial charge in [-0.2, -0.15) is 5.10 Å². The van der Waals surface area contributed by atoms with E-state index < -0.39 is 0 Å². The van der Waals surface area contributed by atoms with Crippen LogP contribution in [0.5, 0.6) is 0 Å². The topological polar surface area (TPSA) is 66.5 Å². The lowest BCUT2D eigenvalue weighted by Gasteiger charge is -1.99. The van der Waals surface area contributed by atoms with Crippen molar-refractivity contribution in [3.63, 3.8) is 0 Å². The number of anilines is 1. The Balaban J connectivity index is 1.39. The van der Waals surface area contributed by atoms with Crippen LogP contribution in [-0.2, 0) is 6.42 Å². The molecule has 0 radical (unpaired) electrons. The third kappa shape index (κ3) is 3.07. The first-order chi connectivity index (χ1) is 11.4. The molecule has 0 atom stereocenters. The van der Waals surface area contributed by atoms with Crippen molar-refractivity contribution in [2.75, 3.05) is 11.9 Å². The Labute approximate surface area is 137 Å². The van der Waals surface area contributed by atoms with Crippen LogP contribution in [0.15, 0.2) is 54.6 Å². The van der Waals surface area contributed by atoms with Crippen LogP contribution in [0, 0.1) is 0 Å². The molecule has 4 rings (SSSR count). The predicted octanol–water partition coefficient (Wildman–Crippen LogP) is 3.74. The summed E-state index contributed by atoms with van der Waals surface area (Å²) in [6.07, 6.45) is 0.774. The largest absolute Gasteiger partial charge is 0.361 e. The molecule has 2 aromatic heterocycles. The molecule has 0 spiro atoms. The summed E-state index contributed by atoms with van der Waals surface area (Å²) in [6.45, 7) is 0.767. The molecular weight excluding hydrogens is 306 g/mol. The van der Waals surface area contributed by atoms with Gasteiger partial charge in [0.25, 0.3) is 0 Å². The summed E-state index contributed by atoms with van der Waals surface area (Å²) >= 11 is 1.67. The van der Waals surface area contributed by atoms with Crippen molar-refractivity contribution in [3.8, 4) is 11.4 Å². The van der Waals surface area contributed by atoms with Gasteiger partial charge in [0, 0.05) is 18.5 Å². The molecule has 0 bridgehead atoms. The third-order valence-corrected chi connectivity index (χ3v) is 4.49. The minimum absolute atomic E-state index is 0.737. The van der Waals surface area contributed by atoms with Gasteiger partial charge < -0.3 is 5.32 Å². The van der Waals surface area contributed by atoms with E-state index >= 15 is 0 Å². The standard InChI is InChI=1S/C17H15N5S/c1-2-6-12(7-3-1)16-20-15(21-22-16)10-11-18-17-19-13-8-4-5-9-14(13)23-17/h1-9H,10-11H2,(H,18,19)(H,20,21,22). The molecule has 4 aromatic rings. The predicted molar refractivity (Wildman–Crippen MR) is 93.6 cm³/mol. The molecule has 2 heterocycles. The van der Waals surface area contributed by atoms with Gasteiger partial charge in [0.05, 0.1) is 10.2 Å². The minimum atomic E-state index is 0.737. The first-order valence-corrected chi connectivity index (χ1v) is 8.26. The molecule has 6 heteroatoms. The lowest BCUT2D eigenvalue weighted by molar-refractivity contribution is 0.900. The van der Waals surface area contributed by atoms with Gasteiger partial charge in [0.1, 0.15) is 5.82 Å². The molecule has 0 fully saturated rings. The molecule has 114 valence electrons. The number of fused-ring (bicyclic) bond motifs is 1. The number of hydrogen-bond acceptors (Lipinski definition) is 5. The van der Waals surface area contributed by atoms with Gasteiger partial charge in [-0.25, -0.2) is 9.97 Å². The second-order valence-electron chi connectivity index (χ2n) is 5.14. The lowest BCUT2D eigenvalue weighted by Crippen LogP contribution is -2.05. The summed E-state index contributed by atoms with van der Waals surface area (Å²) in [5.41, 5.74) is 2.06. The van der Waals surface area contributed by atoms with Crippen LogP contribution in [0.3, 0.4) is 0 Å². The maximum absolute atomic E-state index is 4.56. The Morgan fingerprint density at radius 2 is 1.78 bits per heavy atom. The van der Waals surface area contributed by atoms with E-state index in [1.165, 1.54) is 4.70 Å². The third-order valence-electron chi connectivity index (χ3n) is 3.50. The quantitative estimate of drug-likeness (QED) is 0.588. The summed E-state index contributed by atoms with van der Waals surface area (Å²) in [7, 11) is 0. The van der Waals surface area contributed by atoms with Gasteiger partial charge in [-0.1, -0.05) is 53.8 Å². The van der Waals surface area contributed by atoms with Crippen LogP contribution in [-0.4, -0.2) is 26.7 Å². The van der Waals surface area contributed by atoms with Crippen LogP contribution >= 0.6 is 11.3 Å². The van der Waals surface area contributed by atoms with Crippen molar-refractivity contribution in [2.45, 2.75) is 6.42 Å². The molecule has 0 amide bonds. The molecule has 0 aliphatic carbocycles. The molecule has 0 saturated carbocycles. The van der Waals surface area contributed by atoms with Gasteiger partial charge in [-0.15, -0.1) is 0 Å². The van der Waals surface area contributed by atoms with Crippen molar-refractivity contribution in [2.24, 2.45) is 0 Å². The number of benzene rings is 2. The summed E-state index contributed by atoms with van der Waals surface area (Å²) in [6, 6.07) is 18.1. The number of thiazole rings is 1. The van der Waals surface area contributed by atoms with Crippen LogP contribution in [0.2, 0.25) is 0 Å². The second-order valence-corrected chi connectivity index (χ2v) is 6.17. The van der Waals surface area contributed by atoms with Crippen molar-refractivity contribution in [1.82, 2.24) is 20.2 Å². The van der Waals surface area contributed by atoms with Crippen LogP contribution in [0.25, 0.3) is 21.6 Å². The molecule has 0 aliphatic rings. The van der Waals surface area contributed by atoms with E-state index in [0.29, 0.717) is 0 Å². The van der Waals surface area contributed by atoms with E-state index in [0.717, 1.165) is 40.8 Å². The average molecular weight is 321 g/mol. The number of H-pyrrole nitrogens is 1. The summed E-state index contributed by atoms with van der Waals surface area (Å²) in [5, 5.41) is 11.6. The zero-order chi connectivity index (χ0) is 15.5. The number of para-hydroxylation sites is 1. The van der Waals surface area contributed by atoms with Gasteiger partial charge in [0.15, 0.2) is 11.0 Å². The Bertz CT molecular complexity index is 880. The fourth-order valence-corrected chi connectivity index (χ4v) is 3.25. The first-order valence-electron chi connectivity index (χ1n) is 7.45. The SMILES string of the molecule is c1ccc(-c2n[nH]c(CCNc3nc4ccccc4s3)n2)cc1. The fourth-order valence-electron chi connectivity index (χ4n) is 2.36.